The molecule has 104 valence electrons. The van der Waals surface area contributed by atoms with Crippen LogP contribution in [0.15, 0.2) is 72.1 Å². The van der Waals surface area contributed by atoms with E-state index in [2.05, 4.69) is 61.2 Å². The molecule has 0 heterocycles. The molecule has 3 heteroatoms. The molecule has 2 aromatic rings. The van der Waals surface area contributed by atoms with Crippen LogP contribution in [0.2, 0.25) is 0 Å². The zero-order chi connectivity index (χ0) is 14.0. The van der Waals surface area contributed by atoms with Gasteiger partial charge in [0, 0.05) is 22.2 Å². The van der Waals surface area contributed by atoms with Gasteiger partial charge in [-0.3, -0.25) is 0 Å². The highest BCUT2D eigenvalue weighted by Crippen LogP contribution is 2.32. The Morgan fingerprint density at radius 3 is 2.45 bits per heavy atom. The Kier molecular flexibility index (Phi) is 7.20. The van der Waals surface area contributed by atoms with Crippen molar-refractivity contribution in [1.29, 1.82) is 0 Å². The monoisotopic (exact) mass is 318 g/mol. The van der Waals surface area contributed by atoms with Gasteiger partial charge in [-0.25, -0.2) is 0 Å². The van der Waals surface area contributed by atoms with Crippen molar-refractivity contribution in [3.8, 4) is 0 Å². The molecule has 0 aliphatic rings. The number of thioether (sulfide) groups is 1. The van der Waals surface area contributed by atoms with E-state index in [1.54, 1.807) is 0 Å². The minimum Gasteiger partial charge on any atom is -0.152 e. The van der Waals surface area contributed by atoms with E-state index in [4.69, 9.17) is 0 Å². The van der Waals surface area contributed by atoms with Crippen molar-refractivity contribution in [2.45, 2.75) is 16.4 Å². The van der Waals surface area contributed by atoms with E-state index in [0.29, 0.717) is 0 Å². The highest BCUT2D eigenvalue weighted by Gasteiger charge is 1.99. The molecule has 0 saturated carbocycles. The quantitative estimate of drug-likeness (QED) is 0.330. The van der Waals surface area contributed by atoms with Crippen LogP contribution < -0.4 is 0 Å². The molecule has 0 unspecified atom stereocenters. The Hall–Kier alpha value is -0.770. The predicted molar refractivity (Wildman–Crippen MR) is 96.4 cm³/mol. The highest BCUT2D eigenvalue weighted by atomic mass is 33.1. The zero-order valence-electron chi connectivity index (χ0n) is 11.3. The van der Waals surface area contributed by atoms with E-state index in [0.717, 1.165) is 17.3 Å². The molecule has 20 heavy (non-hydrogen) atoms. The lowest BCUT2D eigenvalue weighted by Gasteiger charge is -2.05. The summed E-state index contributed by atoms with van der Waals surface area (Å²) in [5.41, 5.74) is 2.79. The van der Waals surface area contributed by atoms with Crippen LogP contribution in [-0.4, -0.2) is 5.75 Å². The first-order chi connectivity index (χ1) is 9.88. The maximum Gasteiger partial charge on any atom is 0.0218 e. The van der Waals surface area contributed by atoms with Crippen LogP contribution >= 0.6 is 33.3 Å². The number of benzene rings is 2. The summed E-state index contributed by atoms with van der Waals surface area (Å²) >= 11 is 1.96. The Morgan fingerprint density at radius 2 is 1.65 bits per heavy atom. The SMILES string of the molecule is C=CCSSc1cccc(CSCc2ccccc2)c1. The fourth-order valence-electron chi connectivity index (χ4n) is 1.70. The average Bonchev–Trinajstić information content (AvgIpc) is 2.49. The van der Waals surface area contributed by atoms with Crippen molar-refractivity contribution in [3.63, 3.8) is 0 Å². The van der Waals surface area contributed by atoms with Crippen molar-refractivity contribution >= 4 is 33.3 Å². The number of hydrogen-bond acceptors (Lipinski definition) is 3. The van der Waals surface area contributed by atoms with Gasteiger partial charge in [0.05, 0.1) is 0 Å². The fourth-order valence-corrected chi connectivity index (χ4v) is 4.49. The van der Waals surface area contributed by atoms with Crippen LogP contribution in [0.5, 0.6) is 0 Å². The van der Waals surface area contributed by atoms with E-state index in [1.165, 1.54) is 16.0 Å². The molecule has 0 N–H and O–H groups in total. The summed E-state index contributed by atoms with van der Waals surface area (Å²) in [6.07, 6.45) is 1.94. The largest absolute Gasteiger partial charge is 0.152 e. The second-order valence-corrected chi connectivity index (χ2v) is 7.68. The van der Waals surface area contributed by atoms with Crippen LogP contribution in [0, 0.1) is 0 Å². The molecule has 0 atom stereocenters. The molecule has 0 radical (unpaired) electrons. The van der Waals surface area contributed by atoms with Gasteiger partial charge in [0.15, 0.2) is 0 Å². The lowest BCUT2D eigenvalue weighted by atomic mass is 10.2. The molecule has 0 aromatic heterocycles. The fraction of sp³-hybridized carbons (Fsp3) is 0.176. The maximum atomic E-state index is 3.74. The summed E-state index contributed by atoms with van der Waals surface area (Å²) in [5.74, 6) is 3.12. The van der Waals surface area contributed by atoms with Gasteiger partial charge in [0.1, 0.15) is 0 Å². The third-order valence-electron chi connectivity index (χ3n) is 2.62. The molecule has 0 spiro atoms. The van der Waals surface area contributed by atoms with Crippen molar-refractivity contribution < 1.29 is 0 Å². The first kappa shape index (κ1) is 15.6. The van der Waals surface area contributed by atoms with Crippen LogP contribution in [0.3, 0.4) is 0 Å². The van der Waals surface area contributed by atoms with Crippen LogP contribution in [0.4, 0.5) is 0 Å². The molecule has 0 aliphatic carbocycles. The standard InChI is InChI=1S/C17H18S3/c1-2-11-19-20-17-10-6-9-16(12-17)14-18-13-15-7-4-3-5-8-15/h2-10,12H,1,11,13-14H2. The summed E-state index contributed by atoms with van der Waals surface area (Å²) in [4.78, 5) is 1.33. The Morgan fingerprint density at radius 1 is 0.900 bits per heavy atom. The van der Waals surface area contributed by atoms with Crippen molar-refractivity contribution in [3.05, 3.63) is 78.4 Å². The predicted octanol–water partition coefficient (Wildman–Crippen LogP) is 6.05. The van der Waals surface area contributed by atoms with Gasteiger partial charge in [-0.1, -0.05) is 70.1 Å². The summed E-state index contributed by atoms with van der Waals surface area (Å²) in [7, 11) is 3.65. The first-order valence-electron chi connectivity index (χ1n) is 6.49. The summed E-state index contributed by atoms with van der Waals surface area (Å²) in [6, 6.07) is 19.5. The van der Waals surface area contributed by atoms with Crippen molar-refractivity contribution in [2.24, 2.45) is 0 Å². The van der Waals surface area contributed by atoms with Gasteiger partial charge >= 0.3 is 0 Å². The highest BCUT2D eigenvalue weighted by molar-refractivity contribution is 8.76. The average molecular weight is 319 g/mol. The zero-order valence-corrected chi connectivity index (χ0v) is 13.8. The Balaban J connectivity index is 1.80. The number of hydrogen-bond donors (Lipinski definition) is 0. The minimum absolute atomic E-state index is 0.984. The molecule has 0 aliphatic heterocycles. The molecule has 0 saturated heterocycles. The maximum absolute atomic E-state index is 3.74. The van der Waals surface area contributed by atoms with Gasteiger partial charge < -0.3 is 0 Å². The molecule has 0 bridgehead atoms. The van der Waals surface area contributed by atoms with Gasteiger partial charge in [-0.15, -0.1) is 6.58 Å². The van der Waals surface area contributed by atoms with E-state index in [1.807, 2.05) is 39.4 Å². The molecule has 2 rings (SSSR count). The van der Waals surface area contributed by atoms with E-state index >= 15 is 0 Å². The molecule has 0 amide bonds. The van der Waals surface area contributed by atoms with Crippen LogP contribution in [-0.2, 0) is 11.5 Å². The van der Waals surface area contributed by atoms with Gasteiger partial charge in [0.25, 0.3) is 0 Å². The summed E-state index contributed by atoms with van der Waals surface area (Å²) < 4.78 is 0. The van der Waals surface area contributed by atoms with Crippen molar-refractivity contribution in [2.75, 3.05) is 5.75 Å². The van der Waals surface area contributed by atoms with Crippen LogP contribution in [0.25, 0.3) is 0 Å². The lowest BCUT2D eigenvalue weighted by molar-refractivity contribution is 1.32. The molecule has 2 aromatic carbocycles. The first-order valence-corrected chi connectivity index (χ1v) is 9.97. The molecular formula is C17H18S3. The second kappa shape index (κ2) is 9.22. The number of rotatable bonds is 8. The minimum atomic E-state index is 0.984. The summed E-state index contributed by atoms with van der Waals surface area (Å²) in [6.45, 7) is 3.74. The van der Waals surface area contributed by atoms with Gasteiger partial charge in [-0.2, -0.15) is 11.8 Å². The molecular weight excluding hydrogens is 300 g/mol. The van der Waals surface area contributed by atoms with Crippen LogP contribution in [0.1, 0.15) is 11.1 Å². The van der Waals surface area contributed by atoms with Gasteiger partial charge in [0.2, 0.25) is 0 Å². The van der Waals surface area contributed by atoms with E-state index in [-0.39, 0.29) is 0 Å². The molecule has 0 nitrogen and oxygen atoms in total. The topological polar surface area (TPSA) is 0 Å². The van der Waals surface area contributed by atoms with E-state index < -0.39 is 0 Å². The lowest BCUT2D eigenvalue weighted by Crippen LogP contribution is -1.83. The third-order valence-corrected chi connectivity index (χ3v) is 5.97. The normalized spacial score (nSPS) is 10.4. The summed E-state index contributed by atoms with van der Waals surface area (Å²) in [5, 5.41) is 0. The Bertz CT molecular complexity index is 523. The second-order valence-electron chi connectivity index (χ2n) is 4.28. The van der Waals surface area contributed by atoms with Gasteiger partial charge in [-0.05, 0) is 23.3 Å². The molecule has 0 fully saturated rings. The Labute approximate surface area is 133 Å². The van der Waals surface area contributed by atoms with Crippen molar-refractivity contribution in [1.82, 2.24) is 0 Å². The third kappa shape index (κ3) is 5.70. The van der Waals surface area contributed by atoms with E-state index in [9.17, 15) is 0 Å². The smallest absolute Gasteiger partial charge is 0.0218 e.